The third-order valence-corrected chi connectivity index (χ3v) is 4.11. The second-order valence-corrected chi connectivity index (χ2v) is 5.84. The number of ether oxygens (including phenoxy) is 1. The van der Waals surface area contributed by atoms with Gasteiger partial charge in [-0.15, -0.1) is 6.42 Å². The van der Waals surface area contributed by atoms with E-state index in [4.69, 9.17) is 11.2 Å². The van der Waals surface area contributed by atoms with Crippen LogP contribution in [0.25, 0.3) is 11.1 Å². The van der Waals surface area contributed by atoms with Gasteiger partial charge in [0.25, 0.3) is 0 Å². The van der Waals surface area contributed by atoms with Crippen LogP contribution in [0.2, 0.25) is 0 Å². The van der Waals surface area contributed by atoms with Gasteiger partial charge in [-0.2, -0.15) is 0 Å². The Kier molecular flexibility index (Phi) is 5.36. The van der Waals surface area contributed by atoms with E-state index in [-0.39, 0.29) is 6.61 Å². The summed E-state index contributed by atoms with van der Waals surface area (Å²) in [4.78, 5) is 13.9. The lowest BCUT2D eigenvalue weighted by Gasteiger charge is -2.18. The van der Waals surface area contributed by atoms with E-state index >= 15 is 0 Å². The molecule has 0 aliphatic rings. The molecule has 0 unspecified atom stereocenters. The molecule has 0 radical (unpaired) electrons. The van der Waals surface area contributed by atoms with E-state index in [0.717, 1.165) is 27.9 Å². The van der Waals surface area contributed by atoms with Gasteiger partial charge in [-0.05, 0) is 34.9 Å². The molecule has 0 atom stereocenters. The van der Waals surface area contributed by atoms with Gasteiger partial charge in [0.1, 0.15) is 6.61 Å². The van der Waals surface area contributed by atoms with Crippen LogP contribution >= 0.6 is 0 Å². The number of hydrogen-bond acceptors (Lipinski definition) is 2. The summed E-state index contributed by atoms with van der Waals surface area (Å²) in [6, 6.07) is 25.0. The van der Waals surface area contributed by atoms with Crippen molar-refractivity contribution in [3.05, 3.63) is 90.0 Å². The summed E-state index contributed by atoms with van der Waals surface area (Å²) in [5, 5.41) is 0. The van der Waals surface area contributed by atoms with Gasteiger partial charge in [-0.1, -0.05) is 66.6 Å². The van der Waals surface area contributed by atoms with Gasteiger partial charge in [0.15, 0.2) is 0 Å². The van der Waals surface area contributed by atoms with Crippen LogP contribution in [0.1, 0.15) is 11.1 Å². The Morgan fingerprint density at radius 3 is 2.50 bits per heavy atom. The largest absolute Gasteiger partial charge is 0.444 e. The Bertz CT molecular complexity index is 942. The minimum Gasteiger partial charge on any atom is -0.444 e. The molecule has 0 saturated carbocycles. The molecule has 1 amide bonds. The van der Waals surface area contributed by atoms with E-state index in [1.807, 2.05) is 78.9 Å². The van der Waals surface area contributed by atoms with Crippen LogP contribution in [0.4, 0.5) is 10.5 Å². The van der Waals surface area contributed by atoms with Crippen molar-refractivity contribution in [2.24, 2.45) is 0 Å². The highest BCUT2D eigenvalue weighted by molar-refractivity contribution is 5.88. The molecule has 0 N–H and O–H groups in total. The first kappa shape index (κ1) is 17.3. The number of carbonyl (C=O) groups excluding carboxylic acids is 1. The van der Waals surface area contributed by atoms with Gasteiger partial charge in [0, 0.05) is 18.3 Å². The Morgan fingerprint density at radius 1 is 1.00 bits per heavy atom. The number of amides is 1. The summed E-state index contributed by atoms with van der Waals surface area (Å²) >= 11 is 0. The van der Waals surface area contributed by atoms with Crippen molar-refractivity contribution in [1.29, 1.82) is 0 Å². The first-order valence-corrected chi connectivity index (χ1v) is 8.29. The standard InChI is InChI=1S/C23H19NO2/c1-3-19-12-7-8-15-22(19)20-13-9-14-21(16-20)24(2)23(25)26-17-18-10-5-4-6-11-18/h1,4-16H,17H2,2H3. The molecule has 0 aliphatic heterocycles. The summed E-state index contributed by atoms with van der Waals surface area (Å²) in [5.74, 6) is 2.70. The number of carbonyl (C=O) groups is 1. The summed E-state index contributed by atoms with van der Waals surface area (Å²) in [6.07, 6.45) is 5.19. The maximum Gasteiger partial charge on any atom is 0.414 e. The van der Waals surface area contributed by atoms with Crippen molar-refractivity contribution in [3.8, 4) is 23.5 Å². The van der Waals surface area contributed by atoms with Crippen molar-refractivity contribution in [2.45, 2.75) is 6.61 Å². The molecule has 0 heterocycles. The number of nitrogens with zero attached hydrogens (tertiary/aromatic N) is 1. The van der Waals surface area contributed by atoms with Crippen LogP contribution in [0.5, 0.6) is 0 Å². The Hall–Kier alpha value is -3.51. The summed E-state index contributed by atoms with van der Waals surface area (Å²) in [5.41, 5.74) is 4.43. The average molecular weight is 341 g/mol. The SMILES string of the molecule is C#Cc1ccccc1-c1cccc(N(C)C(=O)OCc2ccccc2)c1. The number of rotatable bonds is 4. The fourth-order valence-corrected chi connectivity index (χ4v) is 2.66. The van der Waals surface area contributed by atoms with Crippen molar-refractivity contribution in [1.82, 2.24) is 0 Å². The van der Waals surface area contributed by atoms with E-state index in [2.05, 4.69) is 5.92 Å². The molecule has 0 saturated heterocycles. The first-order valence-electron chi connectivity index (χ1n) is 8.29. The topological polar surface area (TPSA) is 29.5 Å². The molecule has 3 rings (SSSR count). The molecule has 0 aliphatic carbocycles. The van der Waals surface area contributed by atoms with Gasteiger partial charge in [-0.25, -0.2) is 4.79 Å². The van der Waals surface area contributed by atoms with Crippen LogP contribution < -0.4 is 4.90 Å². The van der Waals surface area contributed by atoms with E-state index in [1.165, 1.54) is 4.90 Å². The monoisotopic (exact) mass is 341 g/mol. The molecular formula is C23H19NO2. The second kappa shape index (κ2) is 8.04. The van der Waals surface area contributed by atoms with E-state index in [0.29, 0.717) is 0 Å². The number of anilines is 1. The predicted octanol–water partition coefficient (Wildman–Crippen LogP) is 5.11. The van der Waals surface area contributed by atoms with Crippen LogP contribution in [0.15, 0.2) is 78.9 Å². The fourth-order valence-electron chi connectivity index (χ4n) is 2.66. The van der Waals surface area contributed by atoms with Gasteiger partial charge >= 0.3 is 6.09 Å². The molecule has 3 aromatic rings. The molecule has 0 bridgehead atoms. The maximum atomic E-state index is 12.4. The Morgan fingerprint density at radius 2 is 1.73 bits per heavy atom. The summed E-state index contributed by atoms with van der Waals surface area (Å²) < 4.78 is 5.39. The second-order valence-electron chi connectivity index (χ2n) is 5.84. The molecular weight excluding hydrogens is 322 g/mol. The van der Waals surface area contributed by atoms with Crippen molar-refractivity contribution >= 4 is 11.8 Å². The van der Waals surface area contributed by atoms with Crippen LogP contribution in [-0.4, -0.2) is 13.1 Å². The zero-order chi connectivity index (χ0) is 18.4. The van der Waals surface area contributed by atoms with Gasteiger partial charge < -0.3 is 4.74 Å². The van der Waals surface area contributed by atoms with Crippen molar-refractivity contribution in [3.63, 3.8) is 0 Å². The molecule has 26 heavy (non-hydrogen) atoms. The molecule has 3 nitrogen and oxygen atoms in total. The minimum atomic E-state index is -0.406. The molecule has 0 aromatic heterocycles. The average Bonchev–Trinajstić information content (AvgIpc) is 2.72. The minimum absolute atomic E-state index is 0.240. The van der Waals surface area contributed by atoms with Crippen molar-refractivity contribution < 1.29 is 9.53 Å². The molecule has 3 aromatic carbocycles. The lowest BCUT2D eigenvalue weighted by Crippen LogP contribution is -2.26. The highest BCUT2D eigenvalue weighted by Gasteiger charge is 2.13. The zero-order valence-corrected chi connectivity index (χ0v) is 14.6. The molecule has 0 fully saturated rings. The van der Waals surface area contributed by atoms with E-state index in [1.54, 1.807) is 7.05 Å². The summed E-state index contributed by atoms with van der Waals surface area (Å²) in [6.45, 7) is 0.240. The number of benzene rings is 3. The maximum absolute atomic E-state index is 12.4. The van der Waals surface area contributed by atoms with Crippen LogP contribution in [0, 0.1) is 12.3 Å². The fraction of sp³-hybridized carbons (Fsp3) is 0.0870. The summed E-state index contributed by atoms with van der Waals surface area (Å²) in [7, 11) is 1.69. The third-order valence-electron chi connectivity index (χ3n) is 4.11. The van der Waals surface area contributed by atoms with Gasteiger partial charge in [0.05, 0.1) is 0 Å². The lowest BCUT2D eigenvalue weighted by molar-refractivity contribution is 0.148. The third kappa shape index (κ3) is 3.93. The van der Waals surface area contributed by atoms with Crippen LogP contribution in [0.3, 0.4) is 0 Å². The zero-order valence-electron chi connectivity index (χ0n) is 14.6. The van der Waals surface area contributed by atoms with E-state index in [9.17, 15) is 4.79 Å². The quantitative estimate of drug-likeness (QED) is 0.617. The van der Waals surface area contributed by atoms with E-state index < -0.39 is 6.09 Å². The molecule has 3 heteroatoms. The van der Waals surface area contributed by atoms with Crippen molar-refractivity contribution in [2.75, 3.05) is 11.9 Å². The lowest BCUT2D eigenvalue weighted by atomic mass is 9.99. The smallest absolute Gasteiger partial charge is 0.414 e. The Labute approximate surface area is 153 Å². The van der Waals surface area contributed by atoms with Crippen LogP contribution in [-0.2, 0) is 11.3 Å². The highest BCUT2D eigenvalue weighted by Crippen LogP contribution is 2.27. The number of terminal acetylenes is 1. The van der Waals surface area contributed by atoms with Gasteiger partial charge in [0.2, 0.25) is 0 Å². The van der Waals surface area contributed by atoms with Gasteiger partial charge in [-0.3, -0.25) is 4.90 Å². The first-order chi connectivity index (χ1) is 12.7. The number of hydrogen-bond donors (Lipinski definition) is 0. The Balaban J connectivity index is 1.77. The normalized spacial score (nSPS) is 10.0. The molecule has 0 spiro atoms. The highest BCUT2D eigenvalue weighted by atomic mass is 16.6. The predicted molar refractivity (Wildman–Crippen MR) is 105 cm³/mol. The molecule has 128 valence electrons.